The minimum Gasteiger partial charge on any atom is -0.357 e. The standard InChI is InChI=1S/C12H16N6O2/c1-7(2)9-5-6-17(16-9)11-10(18(19)20)8(3)14-12(13-4)15-11/h5-7H,1-4H3,(H,13,14,15). The Balaban J connectivity index is 2.63. The minimum atomic E-state index is -0.485. The Hall–Kier alpha value is -2.51. The van der Waals surface area contributed by atoms with Crippen LogP contribution >= 0.6 is 0 Å². The SMILES string of the molecule is CNc1nc(C)c([N+](=O)[O-])c(-n2ccc(C(C)C)n2)n1. The fourth-order valence-electron chi connectivity index (χ4n) is 1.80. The maximum Gasteiger partial charge on any atom is 0.334 e. The lowest BCUT2D eigenvalue weighted by molar-refractivity contribution is -0.385. The first kappa shape index (κ1) is 13.9. The van der Waals surface area contributed by atoms with Crippen molar-refractivity contribution in [1.29, 1.82) is 0 Å². The number of aryl methyl sites for hydroxylation is 1. The van der Waals surface area contributed by atoms with Crippen LogP contribution in [0.1, 0.15) is 31.2 Å². The summed E-state index contributed by atoms with van der Waals surface area (Å²) >= 11 is 0. The molecule has 20 heavy (non-hydrogen) atoms. The van der Waals surface area contributed by atoms with Crippen LogP contribution in [0.3, 0.4) is 0 Å². The summed E-state index contributed by atoms with van der Waals surface area (Å²) in [4.78, 5) is 18.9. The molecule has 0 bridgehead atoms. The largest absolute Gasteiger partial charge is 0.357 e. The number of hydrogen-bond donors (Lipinski definition) is 1. The molecular formula is C12H16N6O2. The van der Waals surface area contributed by atoms with Gasteiger partial charge in [-0.3, -0.25) is 10.1 Å². The van der Waals surface area contributed by atoms with Gasteiger partial charge in [0.25, 0.3) is 0 Å². The van der Waals surface area contributed by atoms with Crippen molar-refractivity contribution in [2.75, 3.05) is 12.4 Å². The zero-order valence-corrected chi connectivity index (χ0v) is 11.8. The van der Waals surface area contributed by atoms with Crippen molar-refractivity contribution < 1.29 is 4.92 Å². The highest BCUT2D eigenvalue weighted by molar-refractivity contribution is 5.53. The zero-order valence-electron chi connectivity index (χ0n) is 11.8. The fourth-order valence-corrected chi connectivity index (χ4v) is 1.80. The Morgan fingerprint density at radius 1 is 1.40 bits per heavy atom. The summed E-state index contributed by atoms with van der Waals surface area (Å²) < 4.78 is 1.42. The molecule has 0 fully saturated rings. The molecule has 2 aromatic rings. The first-order chi connectivity index (χ1) is 9.43. The molecule has 2 heterocycles. The molecule has 0 saturated heterocycles. The van der Waals surface area contributed by atoms with Gasteiger partial charge in [-0.25, -0.2) is 9.67 Å². The van der Waals surface area contributed by atoms with Gasteiger partial charge in [-0.05, 0) is 18.9 Å². The van der Waals surface area contributed by atoms with Crippen LogP contribution < -0.4 is 5.32 Å². The molecule has 8 nitrogen and oxygen atoms in total. The second-order valence-electron chi connectivity index (χ2n) is 4.65. The van der Waals surface area contributed by atoms with Gasteiger partial charge >= 0.3 is 5.69 Å². The van der Waals surface area contributed by atoms with Crippen molar-refractivity contribution >= 4 is 11.6 Å². The first-order valence-corrected chi connectivity index (χ1v) is 6.20. The average Bonchev–Trinajstić information content (AvgIpc) is 2.86. The van der Waals surface area contributed by atoms with E-state index in [1.54, 1.807) is 20.2 Å². The van der Waals surface area contributed by atoms with Crippen LogP contribution in [0.25, 0.3) is 5.82 Å². The molecule has 2 rings (SSSR count). The normalized spacial score (nSPS) is 10.8. The number of anilines is 1. The van der Waals surface area contributed by atoms with E-state index in [9.17, 15) is 10.1 Å². The van der Waals surface area contributed by atoms with E-state index in [1.807, 2.05) is 19.9 Å². The monoisotopic (exact) mass is 276 g/mol. The van der Waals surface area contributed by atoms with Crippen LogP contribution in [0.4, 0.5) is 11.6 Å². The fraction of sp³-hybridized carbons (Fsp3) is 0.417. The van der Waals surface area contributed by atoms with Gasteiger partial charge in [-0.1, -0.05) is 13.8 Å². The lowest BCUT2D eigenvalue weighted by Gasteiger charge is -2.07. The molecule has 0 radical (unpaired) electrons. The number of rotatable bonds is 4. The molecule has 106 valence electrons. The summed E-state index contributed by atoms with van der Waals surface area (Å²) in [6.45, 7) is 5.59. The number of aromatic nitrogens is 4. The second-order valence-corrected chi connectivity index (χ2v) is 4.65. The van der Waals surface area contributed by atoms with Gasteiger partial charge in [0.2, 0.25) is 11.8 Å². The summed E-state index contributed by atoms with van der Waals surface area (Å²) in [7, 11) is 1.66. The summed E-state index contributed by atoms with van der Waals surface area (Å²) in [5, 5.41) is 18.3. The zero-order chi connectivity index (χ0) is 14.9. The van der Waals surface area contributed by atoms with Gasteiger partial charge < -0.3 is 5.32 Å². The maximum absolute atomic E-state index is 11.2. The van der Waals surface area contributed by atoms with Crippen LogP contribution in [0, 0.1) is 17.0 Å². The molecule has 0 aromatic carbocycles. The predicted octanol–water partition coefficient (Wildman–Crippen LogP) is 2.04. The topological polar surface area (TPSA) is 98.8 Å². The van der Waals surface area contributed by atoms with E-state index in [2.05, 4.69) is 20.4 Å². The number of hydrogen-bond acceptors (Lipinski definition) is 6. The molecule has 0 spiro atoms. The Bertz CT molecular complexity index is 649. The summed E-state index contributed by atoms with van der Waals surface area (Å²) in [6.07, 6.45) is 1.67. The highest BCUT2D eigenvalue weighted by Crippen LogP contribution is 2.25. The molecule has 0 atom stereocenters. The van der Waals surface area contributed by atoms with Crippen molar-refractivity contribution in [3.05, 3.63) is 33.8 Å². The second kappa shape index (κ2) is 5.24. The maximum atomic E-state index is 11.2. The van der Waals surface area contributed by atoms with Crippen molar-refractivity contribution in [1.82, 2.24) is 19.7 Å². The molecule has 2 aromatic heterocycles. The highest BCUT2D eigenvalue weighted by atomic mass is 16.6. The van der Waals surface area contributed by atoms with E-state index in [0.29, 0.717) is 11.6 Å². The van der Waals surface area contributed by atoms with E-state index < -0.39 is 4.92 Å². The van der Waals surface area contributed by atoms with Crippen molar-refractivity contribution in [2.45, 2.75) is 26.7 Å². The third-order valence-electron chi connectivity index (χ3n) is 2.86. The van der Waals surface area contributed by atoms with Gasteiger partial charge in [0.15, 0.2) is 0 Å². The van der Waals surface area contributed by atoms with Crippen molar-refractivity contribution in [3.8, 4) is 5.82 Å². The molecule has 0 aliphatic heterocycles. The van der Waals surface area contributed by atoms with Crippen LogP contribution in [-0.2, 0) is 0 Å². The van der Waals surface area contributed by atoms with Gasteiger partial charge in [0.05, 0.1) is 10.6 Å². The Morgan fingerprint density at radius 2 is 2.10 bits per heavy atom. The molecule has 1 N–H and O–H groups in total. The van der Waals surface area contributed by atoms with Gasteiger partial charge in [0.1, 0.15) is 5.69 Å². The molecule has 0 unspecified atom stereocenters. The van der Waals surface area contributed by atoms with E-state index in [-0.39, 0.29) is 17.4 Å². The van der Waals surface area contributed by atoms with Crippen LogP contribution in [-0.4, -0.2) is 31.7 Å². The lowest BCUT2D eigenvalue weighted by Crippen LogP contribution is -2.10. The quantitative estimate of drug-likeness (QED) is 0.677. The summed E-state index contributed by atoms with van der Waals surface area (Å²) in [5.41, 5.74) is 1.01. The van der Waals surface area contributed by atoms with Crippen LogP contribution in [0.15, 0.2) is 12.3 Å². The number of nitro groups is 1. The molecule has 0 aliphatic carbocycles. The minimum absolute atomic E-state index is 0.137. The van der Waals surface area contributed by atoms with E-state index in [1.165, 1.54) is 4.68 Å². The number of nitrogens with one attached hydrogen (secondary N) is 1. The summed E-state index contributed by atoms with van der Waals surface area (Å²) in [5.74, 6) is 0.727. The molecule has 0 saturated carbocycles. The van der Waals surface area contributed by atoms with Crippen LogP contribution in [0.5, 0.6) is 0 Å². The average molecular weight is 276 g/mol. The Labute approximate surface area is 116 Å². The molecule has 0 amide bonds. The first-order valence-electron chi connectivity index (χ1n) is 6.20. The summed E-state index contributed by atoms with van der Waals surface area (Å²) in [6, 6.07) is 1.82. The third kappa shape index (κ3) is 2.44. The highest BCUT2D eigenvalue weighted by Gasteiger charge is 2.24. The lowest BCUT2D eigenvalue weighted by atomic mass is 10.1. The molecule has 8 heteroatoms. The van der Waals surface area contributed by atoms with E-state index >= 15 is 0 Å². The Kier molecular flexibility index (Phi) is 3.64. The van der Waals surface area contributed by atoms with Crippen molar-refractivity contribution in [2.24, 2.45) is 0 Å². The predicted molar refractivity (Wildman–Crippen MR) is 74.2 cm³/mol. The molecular weight excluding hydrogens is 260 g/mol. The third-order valence-corrected chi connectivity index (χ3v) is 2.86. The van der Waals surface area contributed by atoms with Gasteiger partial charge in [-0.15, -0.1) is 0 Å². The van der Waals surface area contributed by atoms with E-state index in [4.69, 9.17) is 0 Å². The van der Waals surface area contributed by atoms with E-state index in [0.717, 1.165) is 5.69 Å². The molecule has 0 aliphatic rings. The van der Waals surface area contributed by atoms with Gasteiger partial charge in [-0.2, -0.15) is 10.1 Å². The smallest absolute Gasteiger partial charge is 0.334 e. The number of nitrogens with zero attached hydrogens (tertiary/aromatic N) is 5. The Morgan fingerprint density at radius 3 is 2.60 bits per heavy atom. The van der Waals surface area contributed by atoms with Gasteiger partial charge in [0, 0.05) is 13.2 Å². The van der Waals surface area contributed by atoms with Crippen LogP contribution in [0.2, 0.25) is 0 Å². The van der Waals surface area contributed by atoms with Crippen molar-refractivity contribution in [3.63, 3.8) is 0 Å².